The van der Waals surface area contributed by atoms with Crippen molar-refractivity contribution in [2.45, 2.75) is 40.2 Å². The molecule has 5 nitrogen and oxygen atoms in total. The molecule has 0 spiro atoms. The minimum atomic E-state index is -0.329. The molecular formula is C17H27N3O2. The van der Waals surface area contributed by atoms with Crippen molar-refractivity contribution in [2.75, 3.05) is 19.6 Å². The van der Waals surface area contributed by atoms with E-state index in [1.807, 2.05) is 6.92 Å². The Morgan fingerprint density at radius 3 is 2.59 bits per heavy atom. The molecule has 1 aromatic rings. The summed E-state index contributed by atoms with van der Waals surface area (Å²) in [4.78, 5) is 29.1. The van der Waals surface area contributed by atoms with Crippen LogP contribution in [0.5, 0.6) is 0 Å². The van der Waals surface area contributed by atoms with E-state index in [0.29, 0.717) is 11.8 Å². The topological polar surface area (TPSA) is 65.2 Å². The van der Waals surface area contributed by atoms with Gasteiger partial charge in [-0.3, -0.25) is 9.59 Å². The molecule has 3 atom stereocenters. The van der Waals surface area contributed by atoms with Crippen LogP contribution in [0.4, 0.5) is 0 Å². The molecule has 1 fully saturated rings. The summed E-state index contributed by atoms with van der Waals surface area (Å²) in [7, 11) is 0. The van der Waals surface area contributed by atoms with E-state index in [9.17, 15) is 9.59 Å². The fourth-order valence-corrected chi connectivity index (χ4v) is 3.43. The lowest BCUT2D eigenvalue weighted by Gasteiger charge is -2.36. The fraction of sp³-hybridized carbons (Fsp3) is 0.647. The molecule has 1 aromatic heterocycles. The van der Waals surface area contributed by atoms with Crippen LogP contribution in [0.25, 0.3) is 0 Å². The number of pyridine rings is 1. The molecule has 0 aliphatic carbocycles. The minimum Gasteiger partial charge on any atom is -0.348 e. The third-order valence-electron chi connectivity index (χ3n) is 4.15. The molecule has 2 N–H and O–H groups in total. The van der Waals surface area contributed by atoms with Crippen LogP contribution in [0.1, 0.15) is 43.2 Å². The Balaban J connectivity index is 1.92. The van der Waals surface area contributed by atoms with Gasteiger partial charge in [-0.1, -0.05) is 13.8 Å². The number of H-pyrrole nitrogens is 1. The molecule has 1 aliphatic rings. The van der Waals surface area contributed by atoms with Gasteiger partial charge in [-0.2, -0.15) is 0 Å². The van der Waals surface area contributed by atoms with Crippen LogP contribution in [0, 0.1) is 18.8 Å². The lowest BCUT2D eigenvalue weighted by molar-refractivity contribution is 0.0903. The third kappa shape index (κ3) is 4.44. The van der Waals surface area contributed by atoms with Crippen LogP contribution in [0.3, 0.4) is 0 Å². The number of nitrogens with zero attached hydrogens (tertiary/aromatic N) is 1. The quantitative estimate of drug-likeness (QED) is 0.891. The normalized spacial score (nSPS) is 24.0. The first kappa shape index (κ1) is 16.7. The number of carbonyl (C=O) groups excluding carboxylic acids is 1. The Morgan fingerprint density at radius 1 is 1.36 bits per heavy atom. The number of carbonyl (C=O) groups is 1. The highest BCUT2D eigenvalue weighted by atomic mass is 16.2. The van der Waals surface area contributed by atoms with Gasteiger partial charge >= 0.3 is 0 Å². The second-order valence-corrected chi connectivity index (χ2v) is 6.92. The maximum atomic E-state index is 12.2. The maximum absolute atomic E-state index is 12.2. The predicted octanol–water partition coefficient (Wildman–Crippen LogP) is 1.78. The molecule has 1 saturated heterocycles. The third-order valence-corrected chi connectivity index (χ3v) is 4.15. The van der Waals surface area contributed by atoms with Gasteiger partial charge in [0.2, 0.25) is 0 Å². The van der Waals surface area contributed by atoms with Gasteiger partial charge in [-0.15, -0.1) is 0 Å². The van der Waals surface area contributed by atoms with E-state index in [-0.39, 0.29) is 23.1 Å². The molecule has 1 amide bonds. The number of rotatable bonds is 4. The van der Waals surface area contributed by atoms with Crippen molar-refractivity contribution in [2.24, 2.45) is 11.8 Å². The first-order chi connectivity index (χ1) is 10.3. The molecule has 2 rings (SSSR count). The van der Waals surface area contributed by atoms with Crippen LogP contribution >= 0.6 is 0 Å². The van der Waals surface area contributed by atoms with Crippen LogP contribution in [0.2, 0.25) is 0 Å². The van der Waals surface area contributed by atoms with E-state index in [4.69, 9.17) is 0 Å². The highest BCUT2D eigenvalue weighted by Gasteiger charge is 2.23. The number of aryl methyl sites for hydroxylation is 1. The Bertz CT molecular complexity index is 572. The van der Waals surface area contributed by atoms with Crippen molar-refractivity contribution >= 4 is 5.91 Å². The van der Waals surface area contributed by atoms with E-state index in [1.165, 1.54) is 6.42 Å². The first-order valence-electron chi connectivity index (χ1n) is 8.08. The van der Waals surface area contributed by atoms with E-state index in [2.05, 4.69) is 29.0 Å². The Hall–Kier alpha value is -1.62. The SMILES string of the molecule is Cc1ccc(C(=O)N[C@@H](C)CN2C[C@H](C)C[C@H](C)C2)c(=O)[nH]1. The Morgan fingerprint density at radius 2 is 2.00 bits per heavy atom. The van der Waals surface area contributed by atoms with Crippen molar-refractivity contribution in [1.29, 1.82) is 0 Å². The summed E-state index contributed by atoms with van der Waals surface area (Å²) in [5.74, 6) is 1.10. The number of aromatic amines is 1. The number of aromatic nitrogens is 1. The number of hydrogen-bond acceptors (Lipinski definition) is 3. The van der Waals surface area contributed by atoms with E-state index < -0.39 is 0 Å². The second-order valence-electron chi connectivity index (χ2n) is 6.92. The number of hydrogen-bond donors (Lipinski definition) is 2. The summed E-state index contributed by atoms with van der Waals surface area (Å²) in [6.07, 6.45) is 1.27. The van der Waals surface area contributed by atoms with Crippen molar-refractivity contribution in [3.8, 4) is 0 Å². The van der Waals surface area contributed by atoms with Crippen LogP contribution in [-0.4, -0.2) is 41.5 Å². The summed E-state index contributed by atoms with van der Waals surface area (Å²) in [5.41, 5.74) is 0.605. The molecule has 22 heavy (non-hydrogen) atoms. The lowest BCUT2D eigenvalue weighted by Crippen LogP contribution is -2.47. The fourth-order valence-electron chi connectivity index (χ4n) is 3.43. The summed E-state index contributed by atoms with van der Waals surface area (Å²) < 4.78 is 0. The van der Waals surface area contributed by atoms with Gasteiger partial charge in [0.05, 0.1) is 0 Å². The highest BCUT2D eigenvalue weighted by Crippen LogP contribution is 2.20. The average molecular weight is 305 g/mol. The number of amides is 1. The van der Waals surface area contributed by atoms with E-state index >= 15 is 0 Å². The summed E-state index contributed by atoms with van der Waals surface area (Å²) in [6, 6.07) is 3.35. The van der Waals surface area contributed by atoms with Gasteiger partial charge in [0.25, 0.3) is 11.5 Å². The molecule has 0 saturated carbocycles. The number of nitrogens with one attached hydrogen (secondary N) is 2. The molecule has 0 bridgehead atoms. The largest absolute Gasteiger partial charge is 0.348 e. The summed E-state index contributed by atoms with van der Waals surface area (Å²) >= 11 is 0. The van der Waals surface area contributed by atoms with Gasteiger partial charge in [-0.25, -0.2) is 0 Å². The predicted molar refractivity (Wildman–Crippen MR) is 88.1 cm³/mol. The molecule has 5 heteroatoms. The molecule has 2 heterocycles. The van der Waals surface area contributed by atoms with Crippen molar-refractivity contribution in [1.82, 2.24) is 15.2 Å². The Kier molecular flexibility index (Phi) is 5.40. The van der Waals surface area contributed by atoms with Gasteiger partial charge in [0.15, 0.2) is 0 Å². The smallest absolute Gasteiger partial charge is 0.260 e. The number of piperidine rings is 1. The minimum absolute atomic E-state index is 0.0192. The monoisotopic (exact) mass is 305 g/mol. The van der Waals surface area contributed by atoms with E-state index in [1.54, 1.807) is 19.1 Å². The molecule has 1 aliphatic heterocycles. The molecule has 0 aromatic carbocycles. The summed E-state index contributed by atoms with van der Waals surface area (Å²) in [6.45, 7) is 11.3. The Labute approximate surface area is 132 Å². The van der Waals surface area contributed by atoms with Crippen molar-refractivity contribution in [3.63, 3.8) is 0 Å². The zero-order valence-corrected chi connectivity index (χ0v) is 14.0. The van der Waals surface area contributed by atoms with Gasteiger partial charge in [-0.05, 0) is 44.2 Å². The number of likely N-dealkylation sites (tertiary alicyclic amines) is 1. The standard InChI is InChI=1S/C17H27N3O2/c1-11-7-12(2)9-20(8-11)10-14(4)19-17(22)15-6-5-13(3)18-16(15)21/h5-6,11-12,14H,7-10H2,1-4H3,(H,18,21)(H,19,22)/t11-,12+,14-/m0/s1. The van der Waals surface area contributed by atoms with Crippen molar-refractivity contribution in [3.05, 3.63) is 33.7 Å². The van der Waals surface area contributed by atoms with E-state index in [0.717, 1.165) is 25.3 Å². The molecule has 0 unspecified atom stereocenters. The van der Waals surface area contributed by atoms with Crippen LogP contribution in [0.15, 0.2) is 16.9 Å². The second kappa shape index (κ2) is 7.09. The average Bonchev–Trinajstić information content (AvgIpc) is 2.36. The molecule has 122 valence electrons. The van der Waals surface area contributed by atoms with Crippen molar-refractivity contribution < 1.29 is 4.79 Å². The zero-order valence-electron chi connectivity index (χ0n) is 14.0. The van der Waals surface area contributed by atoms with Gasteiger partial charge in [0.1, 0.15) is 5.56 Å². The van der Waals surface area contributed by atoms with Gasteiger partial charge in [0, 0.05) is 31.4 Å². The van der Waals surface area contributed by atoms with Crippen LogP contribution < -0.4 is 10.9 Å². The maximum Gasteiger partial charge on any atom is 0.260 e. The highest BCUT2D eigenvalue weighted by molar-refractivity contribution is 5.93. The summed E-state index contributed by atoms with van der Waals surface area (Å²) in [5, 5.41) is 2.93. The molecule has 0 radical (unpaired) electrons. The first-order valence-corrected chi connectivity index (χ1v) is 8.08. The van der Waals surface area contributed by atoms with Gasteiger partial charge < -0.3 is 15.2 Å². The molecular weight excluding hydrogens is 278 g/mol. The zero-order chi connectivity index (χ0) is 16.3. The lowest BCUT2D eigenvalue weighted by atomic mass is 9.92. The van der Waals surface area contributed by atoms with Crippen LogP contribution in [-0.2, 0) is 0 Å².